The number of nitrogens with zero attached hydrogens (tertiary/aromatic N) is 2. The zero-order valence-electron chi connectivity index (χ0n) is 20.2. The molecule has 6 nitrogen and oxygen atoms in total. The summed E-state index contributed by atoms with van der Waals surface area (Å²) in [5.74, 6) is 4.62. The quantitative estimate of drug-likeness (QED) is 0.219. The third-order valence-corrected chi connectivity index (χ3v) is 5.90. The minimum absolute atomic E-state index is 0.0132. The molecule has 0 aliphatic heterocycles. The number of benzene rings is 3. The van der Waals surface area contributed by atoms with E-state index in [0.29, 0.717) is 22.2 Å². The van der Waals surface area contributed by atoms with Crippen LogP contribution in [0.15, 0.2) is 76.2 Å². The molecule has 0 spiro atoms. The molecule has 0 aliphatic rings. The summed E-state index contributed by atoms with van der Waals surface area (Å²) in [6.45, 7) is 1.60. The SMILES string of the molecule is CCOC(=O)c1cc(C#Cc2ccc(-c3cc4c(=O)n(C)oc4c4ccccc34)nc2)cc(C(F)(F)F)c1. The topological polar surface area (TPSA) is 74.3 Å². The van der Waals surface area contributed by atoms with E-state index in [9.17, 15) is 22.8 Å². The Bertz CT molecular complexity index is 1820. The van der Waals surface area contributed by atoms with Crippen molar-refractivity contribution >= 4 is 27.7 Å². The van der Waals surface area contributed by atoms with Gasteiger partial charge in [-0.05, 0) is 48.7 Å². The van der Waals surface area contributed by atoms with Gasteiger partial charge in [0.15, 0.2) is 5.58 Å². The van der Waals surface area contributed by atoms with Gasteiger partial charge in [-0.3, -0.25) is 9.78 Å². The average Bonchev–Trinajstić information content (AvgIpc) is 3.20. The van der Waals surface area contributed by atoms with Crippen molar-refractivity contribution in [2.45, 2.75) is 13.1 Å². The zero-order valence-corrected chi connectivity index (χ0v) is 20.2. The number of aromatic nitrogens is 2. The Morgan fingerprint density at radius 2 is 1.74 bits per heavy atom. The summed E-state index contributed by atoms with van der Waals surface area (Å²) in [6.07, 6.45) is -3.16. The molecule has 5 aromatic rings. The lowest BCUT2D eigenvalue weighted by molar-refractivity contribution is -0.137. The predicted octanol–water partition coefficient (Wildman–Crippen LogP) is 5.94. The maximum Gasteiger partial charge on any atom is 0.416 e. The second-order valence-corrected chi connectivity index (χ2v) is 8.44. The van der Waals surface area contributed by atoms with Crippen LogP contribution in [0.5, 0.6) is 0 Å². The maximum absolute atomic E-state index is 13.4. The van der Waals surface area contributed by atoms with Crippen LogP contribution in [0.4, 0.5) is 13.2 Å². The third-order valence-electron chi connectivity index (χ3n) is 5.90. The van der Waals surface area contributed by atoms with E-state index in [1.54, 1.807) is 32.2 Å². The number of carbonyl (C=O) groups is 1. The summed E-state index contributed by atoms with van der Waals surface area (Å²) < 4.78 is 51.7. The average molecular weight is 516 g/mol. The third kappa shape index (κ3) is 4.64. The van der Waals surface area contributed by atoms with Crippen molar-refractivity contribution in [3.05, 3.63) is 99.5 Å². The van der Waals surface area contributed by atoms with Gasteiger partial charge in [-0.15, -0.1) is 0 Å². The molecule has 2 heterocycles. The maximum atomic E-state index is 13.4. The molecule has 0 bridgehead atoms. The predicted molar refractivity (Wildman–Crippen MR) is 136 cm³/mol. The van der Waals surface area contributed by atoms with Crippen LogP contribution in [0.2, 0.25) is 0 Å². The highest BCUT2D eigenvalue weighted by Gasteiger charge is 2.32. The minimum atomic E-state index is -4.65. The lowest BCUT2D eigenvalue weighted by Gasteiger charge is -2.09. The van der Waals surface area contributed by atoms with E-state index in [-0.39, 0.29) is 23.3 Å². The number of pyridine rings is 1. The summed E-state index contributed by atoms with van der Waals surface area (Å²) in [6, 6.07) is 15.5. The molecule has 2 aromatic heterocycles. The molecule has 0 atom stereocenters. The minimum Gasteiger partial charge on any atom is -0.462 e. The zero-order chi connectivity index (χ0) is 27.0. The number of alkyl halides is 3. The molecule has 190 valence electrons. The Morgan fingerprint density at radius 3 is 2.42 bits per heavy atom. The van der Waals surface area contributed by atoms with Crippen molar-refractivity contribution < 1.29 is 27.2 Å². The normalized spacial score (nSPS) is 11.4. The highest BCUT2D eigenvalue weighted by atomic mass is 19.4. The number of rotatable bonds is 3. The van der Waals surface area contributed by atoms with Gasteiger partial charge in [0.05, 0.1) is 28.8 Å². The summed E-state index contributed by atoms with van der Waals surface area (Å²) in [5, 5.41) is 2.04. The van der Waals surface area contributed by atoms with Gasteiger partial charge < -0.3 is 9.26 Å². The fourth-order valence-corrected chi connectivity index (χ4v) is 4.13. The van der Waals surface area contributed by atoms with Gasteiger partial charge in [0, 0.05) is 35.3 Å². The Hall–Kier alpha value is -4.84. The van der Waals surface area contributed by atoms with Crippen molar-refractivity contribution in [3.63, 3.8) is 0 Å². The van der Waals surface area contributed by atoms with Crippen molar-refractivity contribution in [1.82, 2.24) is 9.72 Å². The molecule has 38 heavy (non-hydrogen) atoms. The molecular formula is C29H19F3N2O4. The van der Waals surface area contributed by atoms with Gasteiger partial charge in [-0.2, -0.15) is 17.9 Å². The van der Waals surface area contributed by atoms with Crippen LogP contribution in [0, 0.1) is 11.8 Å². The molecule has 0 fully saturated rings. The van der Waals surface area contributed by atoms with Crippen LogP contribution >= 0.6 is 0 Å². The Morgan fingerprint density at radius 1 is 1.00 bits per heavy atom. The van der Waals surface area contributed by atoms with E-state index in [0.717, 1.165) is 28.5 Å². The van der Waals surface area contributed by atoms with Crippen molar-refractivity contribution in [2.75, 3.05) is 6.61 Å². The number of fused-ring (bicyclic) bond motifs is 3. The Balaban J connectivity index is 1.53. The standard InChI is InChI=1S/C29H19F3N2O4/c1-3-37-28(36)19-12-18(13-20(14-19)29(30,31)32)9-8-17-10-11-25(33-16-17)23-15-24-26(38-34(2)27(24)35)22-7-5-4-6-21(22)23/h4-7,10-16H,3H2,1-2H3. The number of esters is 1. The molecule has 0 saturated heterocycles. The van der Waals surface area contributed by atoms with Gasteiger partial charge in [0.1, 0.15) is 0 Å². The molecule has 0 aliphatic carbocycles. The summed E-state index contributed by atoms with van der Waals surface area (Å²) in [7, 11) is 1.54. The fraction of sp³-hybridized carbons (Fsp3) is 0.138. The molecule has 0 radical (unpaired) electrons. The highest BCUT2D eigenvalue weighted by Crippen LogP contribution is 2.33. The lowest BCUT2D eigenvalue weighted by atomic mass is 9.99. The van der Waals surface area contributed by atoms with Crippen molar-refractivity contribution in [1.29, 1.82) is 0 Å². The number of hydrogen-bond donors (Lipinski definition) is 0. The lowest BCUT2D eigenvalue weighted by Crippen LogP contribution is -2.10. The van der Waals surface area contributed by atoms with E-state index in [4.69, 9.17) is 9.26 Å². The first-order valence-electron chi connectivity index (χ1n) is 11.6. The second kappa shape index (κ2) is 9.56. The van der Waals surface area contributed by atoms with Gasteiger partial charge in [0.2, 0.25) is 0 Å². The summed E-state index contributed by atoms with van der Waals surface area (Å²) in [4.78, 5) is 29.1. The van der Waals surface area contributed by atoms with Crippen LogP contribution in [-0.4, -0.2) is 22.3 Å². The van der Waals surface area contributed by atoms with E-state index in [1.807, 2.05) is 24.3 Å². The van der Waals surface area contributed by atoms with E-state index in [2.05, 4.69) is 16.8 Å². The van der Waals surface area contributed by atoms with Gasteiger partial charge in [-0.25, -0.2) is 4.79 Å². The molecule has 9 heteroatoms. The smallest absolute Gasteiger partial charge is 0.416 e. The number of hydrogen-bond acceptors (Lipinski definition) is 5. The second-order valence-electron chi connectivity index (χ2n) is 8.44. The van der Waals surface area contributed by atoms with E-state index >= 15 is 0 Å². The van der Waals surface area contributed by atoms with Crippen molar-refractivity contribution in [3.8, 4) is 23.1 Å². The molecule has 0 unspecified atom stereocenters. The molecular weight excluding hydrogens is 497 g/mol. The monoisotopic (exact) mass is 516 g/mol. The highest BCUT2D eigenvalue weighted by molar-refractivity contribution is 6.10. The number of halogens is 3. The first-order valence-corrected chi connectivity index (χ1v) is 11.6. The Labute approximate surface area is 214 Å². The van der Waals surface area contributed by atoms with Crippen LogP contribution in [0.1, 0.15) is 34.0 Å². The fourth-order valence-electron chi connectivity index (χ4n) is 4.13. The molecule has 3 aromatic carbocycles. The van der Waals surface area contributed by atoms with Crippen molar-refractivity contribution in [2.24, 2.45) is 7.05 Å². The van der Waals surface area contributed by atoms with Crippen LogP contribution in [0.3, 0.4) is 0 Å². The largest absolute Gasteiger partial charge is 0.462 e. The van der Waals surface area contributed by atoms with Gasteiger partial charge in [0.25, 0.3) is 5.56 Å². The number of ether oxygens (including phenoxy) is 1. The van der Waals surface area contributed by atoms with Crippen LogP contribution in [0.25, 0.3) is 33.0 Å². The number of aryl methyl sites for hydroxylation is 1. The first-order chi connectivity index (χ1) is 18.2. The van der Waals surface area contributed by atoms with Crippen LogP contribution in [-0.2, 0) is 18.0 Å². The van der Waals surface area contributed by atoms with Crippen LogP contribution < -0.4 is 5.56 Å². The molecule has 0 saturated carbocycles. The van der Waals surface area contributed by atoms with E-state index < -0.39 is 17.7 Å². The molecule has 0 N–H and O–H groups in total. The summed E-state index contributed by atoms with van der Waals surface area (Å²) in [5.41, 5.74) is 0.775. The Kier molecular flexibility index (Phi) is 6.25. The summed E-state index contributed by atoms with van der Waals surface area (Å²) >= 11 is 0. The molecule has 5 rings (SSSR count). The first kappa shape index (κ1) is 24.8. The van der Waals surface area contributed by atoms with Gasteiger partial charge in [-0.1, -0.05) is 36.1 Å². The number of carbonyl (C=O) groups excluding carboxylic acids is 1. The van der Waals surface area contributed by atoms with Gasteiger partial charge >= 0.3 is 12.1 Å². The van der Waals surface area contributed by atoms with E-state index in [1.165, 1.54) is 17.0 Å². The molecule has 0 amide bonds.